The van der Waals surface area contributed by atoms with E-state index in [1.54, 1.807) is 0 Å². The molecule has 1 saturated carbocycles. The van der Waals surface area contributed by atoms with E-state index in [0.717, 1.165) is 105 Å². The number of rotatable bonds is 5. The van der Waals surface area contributed by atoms with E-state index >= 15 is 0 Å². The number of carbonyl (C=O) groups is 1. The van der Waals surface area contributed by atoms with Crippen LogP contribution in [0.5, 0.6) is 0 Å². The summed E-state index contributed by atoms with van der Waals surface area (Å²) in [5, 5.41) is 14.8. The first-order valence-electron chi connectivity index (χ1n) is 15.4. The van der Waals surface area contributed by atoms with Crippen LogP contribution in [-0.4, -0.2) is 93.2 Å². The summed E-state index contributed by atoms with van der Waals surface area (Å²) in [5.41, 5.74) is 4.33. The van der Waals surface area contributed by atoms with Gasteiger partial charge in [-0.15, -0.1) is 0 Å². The average molecular weight is 625 g/mol. The summed E-state index contributed by atoms with van der Waals surface area (Å²) < 4.78 is 7.70. The lowest BCUT2D eigenvalue weighted by atomic mass is 9.60. The minimum atomic E-state index is -0.0955. The summed E-state index contributed by atoms with van der Waals surface area (Å²) in [4.78, 5) is 19.1. The number of amides is 1. The maximum atomic E-state index is 12.1. The number of benzene rings is 1. The SMILES string of the molecule is C=CC(=O)N1CC2(CC(n3nc(N4CCC5(CN(C6COC6)C5)CC4(C)C)c(-c4c(Cl)c(Cl)cc5[nH]ncc45)c3C)C2)C1. The Morgan fingerprint density at radius 1 is 1.12 bits per heavy atom. The molecule has 1 aliphatic carbocycles. The number of carbonyl (C=O) groups excluding carboxylic acids is 1. The van der Waals surface area contributed by atoms with Gasteiger partial charge in [-0.1, -0.05) is 29.8 Å². The molecule has 2 aromatic heterocycles. The lowest BCUT2D eigenvalue weighted by molar-refractivity contribution is -0.149. The van der Waals surface area contributed by atoms with Gasteiger partial charge >= 0.3 is 0 Å². The Labute approximate surface area is 262 Å². The number of ether oxygens (including phenoxy) is 1. The number of nitrogens with zero attached hydrogens (tertiary/aromatic N) is 6. The topological polar surface area (TPSA) is 82.5 Å². The van der Waals surface area contributed by atoms with Gasteiger partial charge in [-0.25, -0.2) is 0 Å². The molecule has 43 heavy (non-hydrogen) atoms. The molecule has 0 unspecified atom stereocenters. The molecule has 1 aromatic carbocycles. The van der Waals surface area contributed by atoms with Crippen molar-refractivity contribution in [2.45, 2.75) is 64.1 Å². The van der Waals surface area contributed by atoms with Crippen LogP contribution in [-0.2, 0) is 9.53 Å². The van der Waals surface area contributed by atoms with Gasteiger partial charge in [0.15, 0.2) is 5.82 Å². The van der Waals surface area contributed by atoms with E-state index < -0.39 is 0 Å². The number of fused-ring (bicyclic) bond motifs is 1. The molecule has 0 bridgehead atoms. The number of halogens is 2. The first kappa shape index (κ1) is 27.9. The highest BCUT2D eigenvalue weighted by Crippen LogP contribution is 2.57. The highest BCUT2D eigenvalue weighted by atomic mass is 35.5. The number of H-pyrrole nitrogens is 1. The standard InChI is InChI=1S/C32H39Cl2N7O2/c1-5-25(42)39-17-32(18-39)9-20(10-32)41-19(2)26(27-22-11-35-36-24(22)8-23(33)28(27)34)29(37-41)40-7-6-31(14-30(40,3)4)15-38(16-31)21-12-43-13-21/h5,8,11,20-21H,1,6-7,9-10,12-18H2,2-4H3,(H,35,36). The highest BCUT2D eigenvalue weighted by molar-refractivity contribution is 6.45. The van der Waals surface area contributed by atoms with Crippen LogP contribution in [0.2, 0.25) is 10.0 Å². The fourth-order valence-electron chi connectivity index (χ4n) is 8.96. The lowest BCUT2D eigenvalue weighted by Gasteiger charge is -2.61. The van der Waals surface area contributed by atoms with Gasteiger partial charge in [-0.05, 0) is 64.0 Å². The molecule has 228 valence electrons. The summed E-state index contributed by atoms with van der Waals surface area (Å²) in [6, 6.07) is 2.72. The Morgan fingerprint density at radius 2 is 1.86 bits per heavy atom. The van der Waals surface area contributed by atoms with Gasteiger partial charge < -0.3 is 14.5 Å². The zero-order chi connectivity index (χ0) is 29.9. The van der Waals surface area contributed by atoms with E-state index in [2.05, 4.69) is 52.0 Å². The van der Waals surface area contributed by atoms with Crippen molar-refractivity contribution in [2.75, 3.05) is 50.8 Å². The van der Waals surface area contributed by atoms with E-state index in [9.17, 15) is 4.79 Å². The second-order valence-electron chi connectivity index (χ2n) is 14.6. The second-order valence-corrected chi connectivity index (χ2v) is 15.3. The maximum Gasteiger partial charge on any atom is 0.245 e. The van der Waals surface area contributed by atoms with E-state index in [1.807, 2.05) is 17.2 Å². The summed E-state index contributed by atoms with van der Waals surface area (Å²) in [6.45, 7) is 17.1. The monoisotopic (exact) mass is 623 g/mol. The highest BCUT2D eigenvalue weighted by Gasteiger charge is 2.56. The molecule has 8 rings (SSSR count). The van der Waals surface area contributed by atoms with Gasteiger partial charge in [0, 0.05) is 65.9 Å². The third-order valence-corrected chi connectivity index (χ3v) is 11.9. The molecular formula is C32H39Cl2N7O2. The van der Waals surface area contributed by atoms with Crippen molar-refractivity contribution in [1.29, 1.82) is 0 Å². The van der Waals surface area contributed by atoms with E-state index in [1.165, 1.54) is 6.08 Å². The molecule has 6 heterocycles. The Balaban J connectivity index is 1.15. The molecule has 1 N–H and O–H groups in total. The molecule has 2 spiro atoms. The number of anilines is 1. The number of hydrogen-bond donors (Lipinski definition) is 1. The molecular weight excluding hydrogens is 585 g/mol. The fraction of sp³-hybridized carbons (Fsp3) is 0.594. The molecule has 4 saturated heterocycles. The van der Waals surface area contributed by atoms with Crippen LogP contribution in [0.3, 0.4) is 0 Å². The molecule has 5 aliphatic rings. The Morgan fingerprint density at radius 3 is 2.51 bits per heavy atom. The predicted molar refractivity (Wildman–Crippen MR) is 169 cm³/mol. The quantitative estimate of drug-likeness (QED) is 0.380. The summed E-state index contributed by atoms with van der Waals surface area (Å²) >= 11 is 13.8. The number of aromatic amines is 1. The van der Waals surface area contributed by atoms with Crippen LogP contribution in [0.15, 0.2) is 24.9 Å². The Hall–Kier alpha value is -2.59. The van der Waals surface area contributed by atoms with Crippen molar-refractivity contribution in [2.24, 2.45) is 10.8 Å². The second kappa shape index (κ2) is 9.46. The molecule has 11 heteroatoms. The number of piperidine rings is 1. The van der Waals surface area contributed by atoms with E-state index in [-0.39, 0.29) is 22.9 Å². The van der Waals surface area contributed by atoms with Crippen LogP contribution in [0, 0.1) is 17.8 Å². The van der Waals surface area contributed by atoms with Crippen molar-refractivity contribution in [3.63, 3.8) is 0 Å². The molecule has 5 fully saturated rings. The molecule has 0 atom stereocenters. The zero-order valence-electron chi connectivity index (χ0n) is 25.1. The number of likely N-dealkylation sites (tertiary alicyclic amines) is 2. The van der Waals surface area contributed by atoms with Gasteiger partial charge in [0.25, 0.3) is 0 Å². The van der Waals surface area contributed by atoms with E-state index in [4.69, 9.17) is 33.0 Å². The summed E-state index contributed by atoms with van der Waals surface area (Å²) in [7, 11) is 0. The molecule has 3 aromatic rings. The first-order valence-corrected chi connectivity index (χ1v) is 16.2. The van der Waals surface area contributed by atoms with Gasteiger partial charge in [0.1, 0.15) is 0 Å². The van der Waals surface area contributed by atoms with Gasteiger partial charge in [0.2, 0.25) is 5.91 Å². The molecule has 0 radical (unpaired) electrons. The van der Waals surface area contributed by atoms with Crippen LogP contribution in [0.1, 0.15) is 51.3 Å². The van der Waals surface area contributed by atoms with Crippen LogP contribution in [0.4, 0.5) is 5.82 Å². The minimum Gasteiger partial charge on any atom is -0.378 e. The third kappa shape index (κ3) is 4.14. The fourth-order valence-corrected chi connectivity index (χ4v) is 9.42. The maximum absolute atomic E-state index is 12.1. The number of hydrogen-bond acceptors (Lipinski definition) is 6. The first-order chi connectivity index (χ1) is 20.5. The smallest absolute Gasteiger partial charge is 0.245 e. The van der Waals surface area contributed by atoms with Crippen molar-refractivity contribution in [3.8, 4) is 11.1 Å². The van der Waals surface area contributed by atoms with Gasteiger partial charge in [-0.3, -0.25) is 19.5 Å². The van der Waals surface area contributed by atoms with Crippen LogP contribution in [0.25, 0.3) is 22.0 Å². The van der Waals surface area contributed by atoms with E-state index in [0.29, 0.717) is 21.5 Å². The average Bonchev–Trinajstić information content (AvgIpc) is 3.45. The molecule has 1 amide bonds. The largest absolute Gasteiger partial charge is 0.378 e. The van der Waals surface area contributed by atoms with Crippen LogP contribution >= 0.6 is 23.2 Å². The minimum absolute atomic E-state index is 0.0225. The van der Waals surface area contributed by atoms with Crippen molar-refractivity contribution < 1.29 is 9.53 Å². The molecule has 9 nitrogen and oxygen atoms in total. The van der Waals surface area contributed by atoms with Crippen molar-refractivity contribution in [1.82, 2.24) is 29.8 Å². The lowest BCUT2D eigenvalue weighted by Crippen LogP contribution is -2.69. The number of aromatic nitrogens is 4. The predicted octanol–water partition coefficient (Wildman–Crippen LogP) is 5.47. The zero-order valence-corrected chi connectivity index (χ0v) is 26.6. The van der Waals surface area contributed by atoms with Crippen LogP contribution < -0.4 is 4.90 Å². The normalized spacial score (nSPS) is 24.6. The summed E-state index contributed by atoms with van der Waals surface area (Å²) in [5.74, 6) is 1.000. The Kier molecular flexibility index (Phi) is 6.14. The van der Waals surface area contributed by atoms with Crippen molar-refractivity contribution >= 4 is 45.8 Å². The van der Waals surface area contributed by atoms with Crippen molar-refractivity contribution in [3.05, 3.63) is 40.7 Å². The molecule has 4 aliphatic heterocycles. The summed E-state index contributed by atoms with van der Waals surface area (Å²) in [6.07, 6.45) is 7.52. The Bertz CT molecular complexity index is 1640. The third-order valence-electron chi connectivity index (χ3n) is 11.1. The number of nitrogens with one attached hydrogen (secondary N) is 1. The van der Waals surface area contributed by atoms with Gasteiger partial charge in [0.05, 0.1) is 47.1 Å². The van der Waals surface area contributed by atoms with Gasteiger partial charge in [-0.2, -0.15) is 10.2 Å².